The van der Waals surface area contributed by atoms with Crippen molar-refractivity contribution in [1.82, 2.24) is 10.4 Å². The topological polar surface area (TPSA) is 69.6 Å². The first-order valence-corrected chi connectivity index (χ1v) is 8.49. The highest BCUT2D eigenvalue weighted by atomic mass is 79.9. The number of hydrogen-bond acceptors (Lipinski definition) is 3. The summed E-state index contributed by atoms with van der Waals surface area (Å²) in [6.45, 7) is 0. The zero-order valence-corrected chi connectivity index (χ0v) is 14.8. The third kappa shape index (κ3) is 3.25. The van der Waals surface area contributed by atoms with Gasteiger partial charge >= 0.3 is 0 Å². The van der Waals surface area contributed by atoms with Crippen molar-refractivity contribution in [2.24, 2.45) is 0 Å². The Morgan fingerprint density at radius 3 is 2.67 bits per heavy atom. The van der Waals surface area contributed by atoms with E-state index < -0.39 is 17.3 Å². The van der Waals surface area contributed by atoms with Gasteiger partial charge in [-0.25, -0.2) is 5.01 Å². The van der Waals surface area contributed by atoms with Crippen LogP contribution in [0, 0.1) is 0 Å². The number of carbonyl (C=O) groups excluding carboxylic acids is 2. The van der Waals surface area contributed by atoms with E-state index in [0.29, 0.717) is 5.56 Å². The second kappa shape index (κ2) is 6.83. The average molecular weight is 410 g/mol. The summed E-state index contributed by atoms with van der Waals surface area (Å²) in [6, 6.07) is 13.5. The molecule has 1 fully saturated rings. The number of amides is 2. The van der Waals surface area contributed by atoms with E-state index in [1.807, 2.05) is 30.3 Å². The minimum atomic E-state index is -0.831. The summed E-state index contributed by atoms with van der Waals surface area (Å²) in [4.78, 5) is 24.2. The highest BCUT2D eigenvalue weighted by Crippen LogP contribution is 2.41. The Bertz CT molecular complexity index is 785. The maximum Gasteiger partial charge on any atom is 0.262 e. The smallest absolute Gasteiger partial charge is 0.262 e. The van der Waals surface area contributed by atoms with Gasteiger partial charge < -0.3 is 5.11 Å². The lowest BCUT2D eigenvalue weighted by Crippen LogP contribution is -2.63. The van der Waals surface area contributed by atoms with Crippen molar-refractivity contribution in [3.05, 3.63) is 64.1 Å². The van der Waals surface area contributed by atoms with E-state index in [9.17, 15) is 14.7 Å². The van der Waals surface area contributed by atoms with E-state index >= 15 is 0 Å². The van der Waals surface area contributed by atoms with Crippen molar-refractivity contribution < 1.29 is 14.7 Å². The van der Waals surface area contributed by atoms with Gasteiger partial charge in [0.2, 0.25) is 5.91 Å². The Morgan fingerprint density at radius 1 is 1.25 bits per heavy atom. The van der Waals surface area contributed by atoms with Crippen LogP contribution in [-0.4, -0.2) is 27.3 Å². The SMILES string of the molecule is O=C(Cc1ccccc1)NN1C(=O)[C@@H](Cl)[C@H]1c1cc(Br)ccc1O. The molecule has 0 saturated carbocycles. The molecule has 3 rings (SSSR count). The molecule has 0 unspecified atom stereocenters. The third-order valence-electron chi connectivity index (χ3n) is 3.79. The number of hydrogen-bond donors (Lipinski definition) is 2. The van der Waals surface area contributed by atoms with Crippen LogP contribution in [-0.2, 0) is 16.0 Å². The molecule has 7 heteroatoms. The number of phenolic OH excluding ortho intramolecular Hbond substituents is 1. The van der Waals surface area contributed by atoms with Crippen LogP contribution in [0.2, 0.25) is 0 Å². The van der Waals surface area contributed by atoms with Crippen LogP contribution >= 0.6 is 27.5 Å². The van der Waals surface area contributed by atoms with Crippen LogP contribution in [0.25, 0.3) is 0 Å². The van der Waals surface area contributed by atoms with Gasteiger partial charge in [0, 0.05) is 10.0 Å². The fraction of sp³-hybridized carbons (Fsp3) is 0.176. The molecule has 1 heterocycles. The van der Waals surface area contributed by atoms with Crippen LogP contribution in [0.3, 0.4) is 0 Å². The number of β-lactam (4-membered cyclic amide) rings is 1. The fourth-order valence-corrected chi connectivity index (χ4v) is 3.32. The average Bonchev–Trinajstić information content (AvgIpc) is 2.58. The maximum absolute atomic E-state index is 12.2. The summed E-state index contributed by atoms with van der Waals surface area (Å²) >= 11 is 9.42. The molecule has 5 nitrogen and oxygen atoms in total. The summed E-state index contributed by atoms with van der Waals surface area (Å²) < 4.78 is 0.745. The Morgan fingerprint density at radius 2 is 1.96 bits per heavy atom. The normalized spacial score (nSPS) is 19.8. The first kappa shape index (κ1) is 16.8. The number of alkyl halides is 1. The van der Waals surface area contributed by atoms with Crippen molar-refractivity contribution in [3.63, 3.8) is 0 Å². The van der Waals surface area contributed by atoms with Gasteiger partial charge in [0.15, 0.2) is 0 Å². The molecule has 1 saturated heterocycles. The van der Waals surface area contributed by atoms with Crippen LogP contribution in [0.15, 0.2) is 53.0 Å². The number of nitrogens with zero attached hydrogens (tertiary/aromatic N) is 1. The van der Waals surface area contributed by atoms with E-state index in [4.69, 9.17) is 11.6 Å². The molecule has 1 aliphatic heterocycles. The molecule has 2 atom stereocenters. The molecule has 0 radical (unpaired) electrons. The molecule has 2 amide bonds. The van der Waals surface area contributed by atoms with E-state index in [1.54, 1.807) is 12.1 Å². The second-order valence-electron chi connectivity index (χ2n) is 5.46. The van der Waals surface area contributed by atoms with E-state index in [0.717, 1.165) is 10.0 Å². The molecule has 0 bridgehead atoms. The lowest BCUT2D eigenvalue weighted by molar-refractivity contribution is -0.156. The molecule has 2 N–H and O–H groups in total. The quantitative estimate of drug-likeness (QED) is 0.602. The van der Waals surface area contributed by atoms with Gasteiger partial charge in [0.25, 0.3) is 5.91 Å². The second-order valence-corrected chi connectivity index (χ2v) is 6.84. The lowest BCUT2D eigenvalue weighted by Gasteiger charge is -2.44. The van der Waals surface area contributed by atoms with E-state index in [2.05, 4.69) is 21.4 Å². The number of benzene rings is 2. The number of rotatable bonds is 4. The molecular formula is C17H14BrClN2O3. The molecule has 2 aromatic carbocycles. The number of nitrogens with one attached hydrogen (secondary N) is 1. The molecule has 0 aliphatic carbocycles. The zero-order chi connectivity index (χ0) is 17.3. The molecule has 0 aromatic heterocycles. The lowest BCUT2D eigenvalue weighted by atomic mass is 9.94. The monoisotopic (exact) mass is 408 g/mol. The fourth-order valence-electron chi connectivity index (χ4n) is 2.59. The molecule has 124 valence electrons. The zero-order valence-electron chi connectivity index (χ0n) is 12.4. The number of aromatic hydroxyl groups is 1. The minimum Gasteiger partial charge on any atom is -0.508 e. The Hall–Kier alpha value is -2.05. The summed E-state index contributed by atoms with van der Waals surface area (Å²) in [7, 11) is 0. The summed E-state index contributed by atoms with van der Waals surface area (Å²) in [5.41, 5.74) is 3.89. The Labute approximate surface area is 152 Å². The van der Waals surface area contributed by atoms with Crippen LogP contribution in [0.5, 0.6) is 5.75 Å². The highest BCUT2D eigenvalue weighted by Gasteiger charge is 2.49. The first-order chi connectivity index (χ1) is 11.5. The van der Waals surface area contributed by atoms with Gasteiger partial charge in [-0.1, -0.05) is 46.3 Å². The summed E-state index contributed by atoms with van der Waals surface area (Å²) in [5.74, 6) is -0.705. The third-order valence-corrected chi connectivity index (χ3v) is 4.71. The molecule has 0 spiro atoms. The number of halogens is 2. The van der Waals surface area contributed by atoms with Crippen LogP contribution in [0.1, 0.15) is 17.2 Å². The Balaban J connectivity index is 1.75. The molecule has 1 aliphatic rings. The predicted molar refractivity (Wildman–Crippen MR) is 93.3 cm³/mol. The van der Waals surface area contributed by atoms with Crippen LogP contribution in [0.4, 0.5) is 0 Å². The summed E-state index contributed by atoms with van der Waals surface area (Å²) in [5, 5.41) is 10.4. The van der Waals surface area contributed by atoms with Gasteiger partial charge in [0.05, 0.1) is 6.42 Å². The van der Waals surface area contributed by atoms with E-state index in [-0.39, 0.29) is 18.1 Å². The van der Waals surface area contributed by atoms with Gasteiger partial charge in [-0.15, -0.1) is 11.6 Å². The molecule has 2 aromatic rings. The molecular weight excluding hydrogens is 396 g/mol. The highest BCUT2D eigenvalue weighted by molar-refractivity contribution is 9.10. The summed E-state index contributed by atoms with van der Waals surface area (Å²) in [6.07, 6.45) is 0.148. The van der Waals surface area contributed by atoms with Gasteiger partial charge in [0.1, 0.15) is 17.2 Å². The number of hydrazine groups is 1. The maximum atomic E-state index is 12.2. The van der Waals surface area contributed by atoms with Gasteiger partial charge in [-0.2, -0.15) is 0 Å². The van der Waals surface area contributed by atoms with Crippen molar-refractivity contribution in [2.75, 3.05) is 0 Å². The van der Waals surface area contributed by atoms with Crippen LogP contribution < -0.4 is 5.43 Å². The number of carbonyl (C=O) groups is 2. The molecule has 24 heavy (non-hydrogen) atoms. The van der Waals surface area contributed by atoms with Crippen molar-refractivity contribution in [3.8, 4) is 5.75 Å². The number of phenols is 1. The minimum absolute atomic E-state index is 0.0173. The van der Waals surface area contributed by atoms with Gasteiger partial charge in [-0.05, 0) is 23.8 Å². The van der Waals surface area contributed by atoms with Crippen molar-refractivity contribution in [1.29, 1.82) is 0 Å². The largest absolute Gasteiger partial charge is 0.508 e. The Kier molecular flexibility index (Phi) is 4.78. The van der Waals surface area contributed by atoms with Crippen molar-refractivity contribution in [2.45, 2.75) is 17.8 Å². The van der Waals surface area contributed by atoms with E-state index in [1.165, 1.54) is 11.1 Å². The first-order valence-electron chi connectivity index (χ1n) is 7.26. The predicted octanol–water partition coefficient (Wildman–Crippen LogP) is 2.92. The van der Waals surface area contributed by atoms with Gasteiger partial charge in [-0.3, -0.25) is 15.0 Å². The van der Waals surface area contributed by atoms with Crippen molar-refractivity contribution >= 4 is 39.3 Å². The standard InChI is InChI=1S/C17H14BrClN2O3/c18-11-6-7-13(22)12(9-11)16-15(19)17(24)21(16)20-14(23)8-10-4-2-1-3-5-10/h1-7,9,15-16,22H,8H2,(H,20,23)/t15-,16+/m0/s1.